The molecule has 0 radical (unpaired) electrons. The van der Waals surface area contributed by atoms with Gasteiger partial charge < -0.3 is 15.8 Å². The van der Waals surface area contributed by atoms with Crippen LogP contribution in [-0.2, 0) is 0 Å². The second kappa shape index (κ2) is 9.96. The highest BCUT2D eigenvalue weighted by molar-refractivity contribution is 5.98. The summed E-state index contributed by atoms with van der Waals surface area (Å²) in [6.45, 7) is 7.71. The number of piperazine rings is 1. The molecule has 0 unspecified atom stereocenters. The third kappa shape index (κ3) is 4.83. The van der Waals surface area contributed by atoms with Crippen LogP contribution in [0.25, 0.3) is 22.3 Å². The molecule has 2 fully saturated rings. The number of benzene rings is 2. The van der Waals surface area contributed by atoms with Crippen molar-refractivity contribution in [1.29, 1.82) is 0 Å². The quantitative estimate of drug-likeness (QED) is 0.378. The zero-order valence-corrected chi connectivity index (χ0v) is 21.9. The van der Waals surface area contributed by atoms with Gasteiger partial charge in [0, 0.05) is 42.8 Å². The fraction of sp³-hybridized carbons (Fsp3) is 0.414. The molecule has 2 aliphatic rings. The number of aromatic nitrogens is 4. The molecule has 8 nitrogen and oxygen atoms in total. The second-order valence-electron chi connectivity index (χ2n) is 11.1. The summed E-state index contributed by atoms with van der Waals surface area (Å²) in [7, 11) is 0. The van der Waals surface area contributed by atoms with Crippen molar-refractivity contribution in [3.8, 4) is 22.8 Å². The molecule has 2 aromatic heterocycles. The molecule has 4 aromatic rings. The molecular weight excluding hydrogens is 481 g/mol. The van der Waals surface area contributed by atoms with Crippen molar-refractivity contribution in [3.05, 3.63) is 60.7 Å². The number of rotatable bonds is 5. The number of hydrogen-bond acceptors (Lipinski definition) is 7. The summed E-state index contributed by atoms with van der Waals surface area (Å²) in [4.78, 5) is 11.4. The molecular formula is C29H34FN7O. The summed E-state index contributed by atoms with van der Waals surface area (Å²) in [5.41, 5.74) is 7.92. The minimum absolute atomic E-state index is 0.141. The number of nitrogen functional groups attached to an aromatic ring is 1. The molecule has 0 amide bonds. The number of nitrogens with two attached hydrogens (primary N) is 1. The molecule has 6 rings (SSSR count). The summed E-state index contributed by atoms with van der Waals surface area (Å²) in [5.74, 6) is 0.932. The average molecular weight is 516 g/mol. The number of anilines is 1. The van der Waals surface area contributed by atoms with Crippen LogP contribution >= 0.6 is 0 Å². The molecule has 1 saturated carbocycles. The van der Waals surface area contributed by atoms with Crippen molar-refractivity contribution < 1.29 is 9.13 Å². The minimum Gasteiger partial charge on any atom is -0.457 e. The summed E-state index contributed by atoms with van der Waals surface area (Å²) in [5, 5.41) is 9.11. The highest BCUT2D eigenvalue weighted by Gasteiger charge is 2.34. The van der Waals surface area contributed by atoms with Gasteiger partial charge in [0.15, 0.2) is 5.65 Å². The fourth-order valence-corrected chi connectivity index (χ4v) is 5.97. The monoisotopic (exact) mass is 515 g/mol. The van der Waals surface area contributed by atoms with E-state index in [0.29, 0.717) is 45.6 Å². The normalized spacial score (nSPS) is 22.0. The maximum Gasteiger partial charge on any atom is 0.164 e. The molecule has 1 saturated heterocycles. The zero-order chi connectivity index (χ0) is 26.3. The number of ether oxygens (including phenoxy) is 1. The van der Waals surface area contributed by atoms with Gasteiger partial charge in [0.05, 0.1) is 11.4 Å². The first-order chi connectivity index (χ1) is 18.4. The van der Waals surface area contributed by atoms with E-state index in [1.807, 2.05) is 35.0 Å². The average Bonchev–Trinajstić information content (AvgIpc) is 3.30. The number of nitrogens with zero attached hydrogens (tertiary/aromatic N) is 5. The Bertz CT molecular complexity index is 1430. The SMILES string of the molecule is CC1(C)CN([C@H]2CC[C@H](n3nc(-c4ccc(Oc5ccccc5)cc4F)c4c(N)ncnc43)CC2)CCN1. The zero-order valence-electron chi connectivity index (χ0n) is 21.9. The summed E-state index contributed by atoms with van der Waals surface area (Å²) in [6.07, 6.45) is 5.62. The van der Waals surface area contributed by atoms with Crippen molar-refractivity contribution in [2.24, 2.45) is 0 Å². The lowest BCUT2D eigenvalue weighted by Crippen LogP contribution is -2.59. The largest absolute Gasteiger partial charge is 0.457 e. The summed E-state index contributed by atoms with van der Waals surface area (Å²) >= 11 is 0. The van der Waals surface area contributed by atoms with Gasteiger partial charge in [-0.15, -0.1) is 0 Å². The minimum atomic E-state index is -0.432. The predicted octanol–water partition coefficient (Wildman–Crippen LogP) is 5.17. The molecule has 0 spiro atoms. The molecule has 1 aliphatic heterocycles. The number of para-hydroxylation sites is 1. The van der Waals surface area contributed by atoms with Crippen LogP contribution in [-0.4, -0.2) is 55.9 Å². The highest BCUT2D eigenvalue weighted by atomic mass is 19.1. The van der Waals surface area contributed by atoms with Crippen LogP contribution in [0.15, 0.2) is 54.9 Å². The van der Waals surface area contributed by atoms with Crippen LogP contribution in [0, 0.1) is 5.82 Å². The fourth-order valence-electron chi connectivity index (χ4n) is 5.97. The van der Waals surface area contributed by atoms with Crippen molar-refractivity contribution in [2.75, 3.05) is 25.4 Å². The maximum absolute atomic E-state index is 15.4. The van der Waals surface area contributed by atoms with Crippen LogP contribution in [0.2, 0.25) is 0 Å². The van der Waals surface area contributed by atoms with Gasteiger partial charge in [0.25, 0.3) is 0 Å². The molecule has 0 bridgehead atoms. The van der Waals surface area contributed by atoms with E-state index in [0.717, 1.165) is 45.3 Å². The summed E-state index contributed by atoms with van der Waals surface area (Å²) < 4.78 is 23.2. The van der Waals surface area contributed by atoms with E-state index in [1.165, 1.54) is 12.4 Å². The van der Waals surface area contributed by atoms with Crippen molar-refractivity contribution >= 4 is 16.9 Å². The van der Waals surface area contributed by atoms with Crippen LogP contribution in [0.1, 0.15) is 45.6 Å². The molecule has 198 valence electrons. The number of halogens is 1. The Balaban J connectivity index is 1.27. The Morgan fingerprint density at radius 1 is 1.00 bits per heavy atom. The van der Waals surface area contributed by atoms with Gasteiger partial charge in [-0.2, -0.15) is 5.10 Å². The Kier molecular flexibility index (Phi) is 6.49. The Morgan fingerprint density at radius 3 is 2.50 bits per heavy atom. The molecule has 3 N–H and O–H groups in total. The van der Waals surface area contributed by atoms with Gasteiger partial charge in [-0.05, 0) is 63.8 Å². The van der Waals surface area contributed by atoms with Crippen LogP contribution < -0.4 is 15.8 Å². The number of nitrogens with one attached hydrogen (secondary N) is 1. The number of hydrogen-bond donors (Lipinski definition) is 2. The molecule has 9 heteroatoms. The lowest BCUT2D eigenvalue weighted by Gasteiger charge is -2.45. The van der Waals surface area contributed by atoms with E-state index in [9.17, 15) is 0 Å². The van der Waals surface area contributed by atoms with E-state index in [-0.39, 0.29) is 11.6 Å². The number of fused-ring (bicyclic) bond motifs is 1. The second-order valence-corrected chi connectivity index (χ2v) is 11.1. The van der Waals surface area contributed by atoms with Gasteiger partial charge >= 0.3 is 0 Å². The molecule has 1 aliphatic carbocycles. The van der Waals surface area contributed by atoms with Gasteiger partial charge in [-0.1, -0.05) is 18.2 Å². The summed E-state index contributed by atoms with van der Waals surface area (Å²) in [6, 6.07) is 14.9. The smallest absolute Gasteiger partial charge is 0.164 e. The van der Waals surface area contributed by atoms with E-state index in [4.69, 9.17) is 15.6 Å². The van der Waals surface area contributed by atoms with E-state index >= 15 is 4.39 Å². The standard InChI is InChI=1S/C29H34FN7O/c1-29(2)17-36(15-14-34-29)19-8-10-20(11-9-19)37-28-25(27(31)32-18-33-28)26(35-37)23-13-12-22(16-24(23)30)38-21-6-4-3-5-7-21/h3-7,12-13,16,18-20,34H,8-11,14-15,17H2,1-2H3,(H2,31,32,33)/t19-,20-. The molecule has 38 heavy (non-hydrogen) atoms. The van der Waals surface area contributed by atoms with Crippen molar-refractivity contribution in [2.45, 2.75) is 57.2 Å². The predicted molar refractivity (Wildman–Crippen MR) is 147 cm³/mol. The van der Waals surface area contributed by atoms with Gasteiger partial charge in [0.2, 0.25) is 0 Å². The first-order valence-electron chi connectivity index (χ1n) is 13.4. The molecule has 2 aromatic carbocycles. The van der Waals surface area contributed by atoms with Crippen molar-refractivity contribution in [1.82, 2.24) is 30.0 Å². The Hall–Kier alpha value is -3.56. The van der Waals surface area contributed by atoms with Crippen LogP contribution in [0.4, 0.5) is 10.2 Å². The first kappa shape index (κ1) is 24.8. The molecule has 3 heterocycles. The molecule has 0 atom stereocenters. The van der Waals surface area contributed by atoms with Crippen LogP contribution in [0.5, 0.6) is 11.5 Å². The van der Waals surface area contributed by atoms with Crippen LogP contribution in [0.3, 0.4) is 0 Å². The lowest BCUT2D eigenvalue weighted by atomic mass is 9.88. The third-order valence-corrected chi connectivity index (χ3v) is 7.82. The van der Waals surface area contributed by atoms with Gasteiger partial charge in [-0.3, -0.25) is 4.90 Å². The maximum atomic E-state index is 15.4. The van der Waals surface area contributed by atoms with Gasteiger partial charge in [0.1, 0.15) is 35.2 Å². The highest BCUT2D eigenvalue weighted by Crippen LogP contribution is 2.38. The Morgan fingerprint density at radius 2 is 1.76 bits per heavy atom. The van der Waals surface area contributed by atoms with E-state index in [2.05, 4.69) is 34.0 Å². The third-order valence-electron chi connectivity index (χ3n) is 7.82. The first-order valence-corrected chi connectivity index (χ1v) is 13.4. The lowest BCUT2D eigenvalue weighted by molar-refractivity contribution is 0.0780. The Labute approximate surface area is 222 Å². The van der Waals surface area contributed by atoms with Gasteiger partial charge in [-0.25, -0.2) is 19.0 Å². The topological polar surface area (TPSA) is 94.1 Å². The van der Waals surface area contributed by atoms with E-state index in [1.54, 1.807) is 12.1 Å². The van der Waals surface area contributed by atoms with E-state index < -0.39 is 5.82 Å². The van der Waals surface area contributed by atoms with Crippen molar-refractivity contribution in [3.63, 3.8) is 0 Å².